The van der Waals surface area contributed by atoms with E-state index in [2.05, 4.69) is 4.90 Å². The van der Waals surface area contributed by atoms with E-state index in [0.717, 1.165) is 25.2 Å². The van der Waals surface area contributed by atoms with Gasteiger partial charge in [-0.3, -0.25) is 4.79 Å². The van der Waals surface area contributed by atoms with Crippen molar-refractivity contribution >= 4 is 11.6 Å². The maximum absolute atomic E-state index is 11.1. The fourth-order valence-corrected chi connectivity index (χ4v) is 2.64. The monoisotopic (exact) mass is 247 g/mol. The predicted molar refractivity (Wildman–Crippen MR) is 73.7 cm³/mol. The Balaban J connectivity index is 2.20. The van der Waals surface area contributed by atoms with Gasteiger partial charge in [0.25, 0.3) is 0 Å². The molecule has 4 N–H and O–H groups in total. The molecule has 1 aromatic carbocycles. The molecule has 98 valence electrons. The number of benzene rings is 1. The van der Waals surface area contributed by atoms with Crippen LogP contribution in [0, 0.1) is 12.8 Å². The number of aryl methyl sites for hydroxylation is 1. The lowest BCUT2D eigenvalue weighted by Gasteiger charge is -2.35. The minimum Gasteiger partial charge on any atom is -0.371 e. The van der Waals surface area contributed by atoms with Crippen molar-refractivity contribution in [2.75, 3.05) is 24.5 Å². The van der Waals surface area contributed by atoms with Crippen LogP contribution < -0.4 is 16.4 Å². The quantitative estimate of drug-likeness (QED) is 0.845. The van der Waals surface area contributed by atoms with Gasteiger partial charge in [-0.25, -0.2) is 0 Å². The minimum absolute atomic E-state index is 0.372. The number of anilines is 1. The second-order valence-electron chi connectivity index (χ2n) is 5.06. The Hall–Kier alpha value is -1.55. The number of carbonyl (C=O) groups is 1. The summed E-state index contributed by atoms with van der Waals surface area (Å²) in [5.41, 5.74) is 13.9. The van der Waals surface area contributed by atoms with E-state index in [1.807, 2.05) is 19.1 Å². The van der Waals surface area contributed by atoms with Gasteiger partial charge in [0.2, 0.25) is 5.91 Å². The Morgan fingerprint density at radius 2 is 2.28 bits per heavy atom. The summed E-state index contributed by atoms with van der Waals surface area (Å²) < 4.78 is 0. The average Bonchev–Trinajstić information content (AvgIpc) is 2.38. The molecule has 0 aliphatic carbocycles. The summed E-state index contributed by atoms with van der Waals surface area (Å²) in [6.45, 7) is 4.84. The molecule has 1 fully saturated rings. The predicted octanol–water partition coefficient (Wildman–Crippen LogP) is 1.27. The minimum atomic E-state index is -0.372. The lowest BCUT2D eigenvalue weighted by molar-refractivity contribution is 0.1000. The van der Waals surface area contributed by atoms with E-state index in [1.54, 1.807) is 6.07 Å². The smallest absolute Gasteiger partial charge is 0.248 e. The highest BCUT2D eigenvalue weighted by atomic mass is 16.1. The maximum atomic E-state index is 11.1. The van der Waals surface area contributed by atoms with Crippen LogP contribution in [0.25, 0.3) is 0 Å². The molecular formula is C14H21N3O. The van der Waals surface area contributed by atoms with Gasteiger partial charge in [0.15, 0.2) is 0 Å². The summed E-state index contributed by atoms with van der Waals surface area (Å²) in [6, 6.07) is 5.66. The van der Waals surface area contributed by atoms with Gasteiger partial charge in [-0.1, -0.05) is 0 Å². The second kappa shape index (κ2) is 5.40. The highest BCUT2D eigenvalue weighted by Crippen LogP contribution is 2.26. The molecular weight excluding hydrogens is 226 g/mol. The number of carbonyl (C=O) groups excluding carboxylic acids is 1. The molecule has 0 aromatic heterocycles. The largest absolute Gasteiger partial charge is 0.371 e. The number of piperidine rings is 1. The topological polar surface area (TPSA) is 72.4 Å². The third kappa shape index (κ3) is 2.64. The van der Waals surface area contributed by atoms with E-state index in [4.69, 9.17) is 11.5 Å². The zero-order valence-corrected chi connectivity index (χ0v) is 10.9. The van der Waals surface area contributed by atoms with Crippen LogP contribution in [0.2, 0.25) is 0 Å². The number of hydrogen-bond acceptors (Lipinski definition) is 3. The fourth-order valence-electron chi connectivity index (χ4n) is 2.64. The van der Waals surface area contributed by atoms with Crippen molar-refractivity contribution in [3.63, 3.8) is 0 Å². The molecule has 2 rings (SSSR count). The molecule has 1 saturated heterocycles. The first kappa shape index (κ1) is 12.9. The summed E-state index contributed by atoms with van der Waals surface area (Å²) in [5, 5.41) is 0. The van der Waals surface area contributed by atoms with Crippen LogP contribution in [-0.4, -0.2) is 25.5 Å². The molecule has 0 bridgehead atoms. The standard InChI is InChI=1S/C14H21N3O/c1-10-7-12(14(16)18)4-5-13(10)17-6-2-3-11(8-15)9-17/h4-5,7,11H,2-3,6,8-9,15H2,1H3,(H2,16,18). The van der Waals surface area contributed by atoms with Gasteiger partial charge in [0, 0.05) is 24.3 Å². The van der Waals surface area contributed by atoms with Crippen molar-refractivity contribution in [2.45, 2.75) is 19.8 Å². The maximum Gasteiger partial charge on any atom is 0.248 e. The number of rotatable bonds is 3. The number of amides is 1. The molecule has 1 heterocycles. The van der Waals surface area contributed by atoms with Crippen molar-refractivity contribution in [2.24, 2.45) is 17.4 Å². The molecule has 1 amide bonds. The van der Waals surface area contributed by atoms with Crippen LogP contribution in [0.3, 0.4) is 0 Å². The van der Waals surface area contributed by atoms with E-state index in [-0.39, 0.29) is 5.91 Å². The van der Waals surface area contributed by atoms with Crippen molar-refractivity contribution in [1.82, 2.24) is 0 Å². The number of nitrogens with two attached hydrogens (primary N) is 2. The highest BCUT2D eigenvalue weighted by molar-refractivity contribution is 5.93. The fraction of sp³-hybridized carbons (Fsp3) is 0.500. The zero-order chi connectivity index (χ0) is 13.1. The van der Waals surface area contributed by atoms with E-state index in [0.29, 0.717) is 11.5 Å². The molecule has 4 heteroatoms. The van der Waals surface area contributed by atoms with Gasteiger partial charge in [-0.05, 0) is 56.0 Å². The molecule has 1 aliphatic heterocycles. The first-order chi connectivity index (χ1) is 8.61. The second-order valence-corrected chi connectivity index (χ2v) is 5.06. The molecule has 0 spiro atoms. The van der Waals surface area contributed by atoms with Gasteiger partial charge >= 0.3 is 0 Å². The van der Waals surface area contributed by atoms with Gasteiger partial charge in [-0.15, -0.1) is 0 Å². The SMILES string of the molecule is Cc1cc(C(N)=O)ccc1N1CCCC(CN)C1. The number of nitrogens with zero attached hydrogens (tertiary/aromatic N) is 1. The molecule has 1 unspecified atom stereocenters. The van der Waals surface area contributed by atoms with Crippen LogP contribution >= 0.6 is 0 Å². The molecule has 18 heavy (non-hydrogen) atoms. The van der Waals surface area contributed by atoms with Gasteiger partial charge < -0.3 is 16.4 Å². The van der Waals surface area contributed by atoms with Crippen LogP contribution in [-0.2, 0) is 0 Å². The molecule has 1 aliphatic rings. The molecule has 0 radical (unpaired) electrons. The Kier molecular flexibility index (Phi) is 3.87. The summed E-state index contributed by atoms with van der Waals surface area (Å²) in [4.78, 5) is 13.5. The first-order valence-electron chi connectivity index (χ1n) is 6.47. The molecule has 4 nitrogen and oxygen atoms in total. The summed E-state index contributed by atoms with van der Waals surface area (Å²) >= 11 is 0. The normalized spacial score (nSPS) is 19.9. The van der Waals surface area contributed by atoms with Gasteiger partial charge in [0.1, 0.15) is 0 Å². The van der Waals surface area contributed by atoms with Crippen LogP contribution in [0.1, 0.15) is 28.8 Å². The molecule has 1 aromatic rings. The highest BCUT2D eigenvalue weighted by Gasteiger charge is 2.20. The Bertz CT molecular complexity index is 445. The van der Waals surface area contributed by atoms with E-state index < -0.39 is 0 Å². The Morgan fingerprint density at radius 3 is 2.89 bits per heavy atom. The summed E-state index contributed by atoms with van der Waals surface area (Å²) in [6.07, 6.45) is 2.39. The third-order valence-corrected chi connectivity index (χ3v) is 3.67. The summed E-state index contributed by atoms with van der Waals surface area (Å²) in [5.74, 6) is 0.206. The van der Waals surface area contributed by atoms with Crippen LogP contribution in [0.4, 0.5) is 5.69 Å². The molecule has 0 saturated carbocycles. The third-order valence-electron chi connectivity index (χ3n) is 3.67. The zero-order valence-electron chi connectivity index (χ0n) is 10.9. The summed E-state index contributed by atoms with van der Waals surface area (Å²) in [7, 11) is 0. The van der Waals surface area contributed by atoms with Crippen molar-refractivity contribution < 1.29 is 4.79 Å². The van der Waals surface area contributed by atoms with Crippen molar-refractivity contribution in [1.29, 1.82) is 0 Å². The van der Waals surface area contributed by atoms with E-state index >= 15 is 0 Å². The van der Waals surface area contributed by atoms with Crippen molar-refractivity contribution in [3.8, 4) is 0 Å². The number of primary amides is 1. The van der Waals surface area contributed by atoms with Gasteiger partial charge in [0.05, 0.1) is 0 Å². The molecule has 1 atom stereocenters. The van der Waals surface area contributed by atoms with Gasteiger partial charge in [-0.2, -0.15) is 0 Å². The van der Waals surface area contributed by atoms with Crippen LogP contribution in [0.5, 0.6) is 0 Å². The van der Waals surface area contributed by atoms with Crippen LogP contribution in [0.15, 0.2) is 18.2 Å². The van der Waals surface area contributed by atoms with Crippen molar-refractivity contribution in [3.05, 3.63) is 29.3 Å². The van der Waals surface area contributed by atoms with E-state index in [9.17, 15) is 4.79 Å². The lowest BCUT2D eigenvalue weighted by atomic mass is 9.97. The Labute approximate surface area is 108 Å². The van der Waals surface area contributed by atoms with E-state index in [1.165, 1.54) is 18.5 Å². The average molecular weight is 247 g/mol. The number of hydrogen-bond donors (Lipinski definition) is 2. The first-order valence-corrected chi connectivity index (χ1v) is 6.47. The Morgan fingerprint density at radius 1 is 1.50 bits per heavy atom. The lowest BCUT2D eigenvalue weighted by Crippen LogP contribution is -2.38.